The van der Waals surface area contributed by atoms with Gasteiger partial charge in [-0.25, -0.2) is 9.59 Å². The van der Waals surface area contributed by atoms with E-state index in [1.54, 1.807) is 27.7 Å². The van der Waals surface area contributed by atoms with Crippen molar-refractivity contribution < 1.29 is 33.6 Å². The number of esters is 1. The molecule has 0 aliphatic heterocycles. The van der Waals surface area contributed by atoms with Crippen LogP contribution in [0.1, 0.15) is 53.5 Å². The smallest absolute Gasteiger partial charge is 0.408 e. The molecular formula is C26H43NO7. The molecule has 0 fully saturated rings. The zero-order chi connectivity index (χ0) is 25.7. The standard InChI is InChI=1S/C26H43NO7/c1-18(2)16-33-23(19(3)28)21(15-20-11-9-8-10-12-20)17-32-14-13-22(24(29)31-7)27-25(30)34-26(4,5)6/h8-12,18-19,21-23,28H,13-17H2,1-7H3,(H,27,30)/t19-,21-,22?,23-/m0/s1. The number of carbonyl (C=O) groups is 2. The van der Waals surface area contributed by atoms with Crippen molar-refractivity contribution in [2.75, 3.05) is 26.9 Å². The van der Waals surface area contributed by atoms with E-state index < -0.39 is 35.9 Å². The summed E-state index contributed by atoms with van der Waals surface area (Å²) in [5.74, 6) is -0.340. The van der Waals surface area contributed by atoms with Gasteiger partial charge in [0.15, 0.2) is 0 Å². The third kappa shape index (κ3) is 12.3. The normalized spacial score (nSPS) is 15.3. The molecule has 194 valence electrons. The minimum atomic E-state index is -0.892. The predicted molar refractivity (Wildman–Crippen MR) is 131 cm³/mol. The molecule has 4 atom stereocenters. The number of carbonyl (C=O) groups excluding carboxylic acids is 2. The summed E-state index contributed by atoms with van der Waals surface area (Å²) in [6.07, 6.45) is -0.880. The fraction of sp³-hybridized carbons (Fsp3) is 0.692. The zero-order valence-electron chi connectivity index (χ0n) is 21.7. The van der Waals surface area contributed by atoms with Crippen LogP contribution in [0.15, 0.2) is 30.3 Å². The Kier molecular flexibility index (Phi) is 13.1. The van der Waals surface area contributed by atoms with Crippen LogP contribution in [-0.4, -0.2) is 68.0 Å². The lowest BCUT2D eigenvalue weighted by Gasteiger charge is -2.30. The van der Waals surface area contributed by atoms with Crippen molar-refractivity contribution >= 4 is 12.1 Å². The summed E-state index contributed by atoms with van der Waals surface area (Å²) in [7, 11) is 1.27. The summed E-state index contributed by atoms with van der Waals surface area (Å²) < 4.78 is 22.0. The maximum absolute atomic E-state index is 12.1. The van der Waals surface area contributed by atoms with Crippen molar-refractivity contribution in [3.8, 4) is 0 Å². The second-order valence-electron chi connectivity index (χ2n) is 9.97. The van der Waals surface area contributed by atoms with Crippen LogP contribution in [0.5, 0.6) is 0 Å². The van der Waals surface area contributed by atoms with Gasteiger partial charge in [0, 0.05) is 25.6 Å². The number of amides is 1. The van der Waals surface area contributed by atoms with Crippen LogP contribution < -0.4 is 5.32 Å². The molecule has 1 unspecified atom stereocenters. The molecule has 1 aromatic carbocycles. The molecule has 0 aliphatic carbocycles. The average Bonchev–Trinajstić information content (AvgIpc) is 2.74. The number of benzene rings is 1. The zero-order valence-corrected chi connectivity index (χ0v) is 21.7. The van der Waals surface area contributed by atoms with E-state index in [0.29, 0.717) is 25.6 Å². The first-order valence-electron chi connectivity index (χ1n) is 11.9. The first kappa shape index (κ1) is 29.9. The van der Waals surface area contributed by atoms with Gasteiger partial charge in [-0.2, -0.15) is 0 Å². The largest absolute Gasteiger partial charge is 0.467 e. The van der Waals surface area contributed by atoms with Crippen molar-refractivity contribution in [3.63, 3.8) is 0 Å². The first-order valence-corrected chi connectivity index (χ1v) is 11.9. The molecule has 34 heavy (non-hydrogen) atoms. The van der Waals surface area contributed by atoms with Gasteiger partial charge in [0.2, 0.25) is 0 Å². The van der Waals surface area contributed by atoms with Gasteiger partial charge >= 0.3 is 12.1 Å². The predicted octanol–water partition coefficient (Wildman–Crippen LogP) is 3.74. The number of nitrogens with one attached hydrogen (secondary N) is 1. The number of alkyl carbamates (subject to hydrolysis) is 1. The van der Waals surface area contributed by atoms with Crippen molar-refractivity contribution in [1.29, 1.82) is 0 Å². The Morgan fingerprint density at radius 1 is 1.06 bits per heavy atom. The van der Waals surface area contributed by atoms with Gasteiger partial charge in [-0.3, -0.25) is 0 Å². The van der Waals surface area contributed by atoms with E-state index in [4.69, 9.17) is 18.9 Å². The molecule has 0 bridgehead atoms. The van der Waals surface area contributed by atoms with Crippen LogP contribution in [0, 0.1) is 11.8 Å². The molecule has 8 heteroatoms. The lowest BCUT2D eigenvalue weighted by Crippen LogP contribution is -2.44. The third-order valence-corrected chi connectivity index (χ3v) is 4.96. The molecule has 0 heterocycles. The second-order valence-corrected chi connectivity index (χ2v) is 9.97. The fourth-order valence-electron chi connectivity index (χ4n) is 3.44. The summed E-state index contributed by atoms with van der Waals surface area (Å²) in [6.45, 7) is 12.1. The number of methoxy groups -OCH3 is 1. The number of hydrogen-bond donors (Lipinski definition) is 2. The van der Waals surface area contributed by atoms with E-state index in [1.165, 1.54) is 7.11 Å². The van der Waals surface area contributed by atoms with Gasteiger partial charge < -0.3 is 29.4 Å². The SMILES string of the molecule is COC(=O)C(CCOC[C@H](Cc1ccccc1)[C@@H](OCC(C)C)[C@H](C)O)NC(=O)OC(C)(C)C. The highest BCUT2D eigenvalue weighted by atomic mass is 16.6. The maximum atomic E-state index is 12.1. The number of hydrogen-bond acceptors (Lipinski definition) is 7. The van der Waals surface area contributed by atoms with E-state index in [2.05, 4.69) is 19.2 Å². The average molecular weight is 482 g/mol. The highest BCUT2D eigenvalue weighted by molar-refractivity contribution is 5.81. The highest BCUT2D eigenvalue weighted by Gasteiger charge is 2.29. The van der Waals surface area contributed by atoms with Gasteiger partial charge in [0.25, 0.3) is 0 Å². The molecular weight excluding hydrogens is 438 g/mol. The lowest BCUT2D eigenvalue weighted by molar-refractivity contribution is -0.143. The van der Waals surface area contributed by atoms with Gasteiger partial charge in [-0.05, 0) is 45.6 Å². The second kappa shape index (κ2) is 15.0. The molecule has 2 N–H and O–H groups in total. The number of aliphatic hydroxyl groups is 1. The van der Waals surface area contributed by atoms with Crippen molar-refractivity contribution in [3.05, 3.63) is 35.9 Å². The Bertz CT molecular complexity index is 716. The first-order chi connectivity index (χ1) is 15.9. The van der Waals surface area contributed by atoms with Crippen LogP contribution in [-0.2, 0) is 30.2 Å². The molecule has 0 aliphatic rings. The van der Waals surface area contributed by atoms with Gasteiger partial charge in [-0.1, -0.05) is 44.2 Å². The minimum Gasteiger partial charge on any atom is -0.467 e. The Balaban J connectivity index is 2.78. The molecule has 0 radical (unpaired) electrons. The third-order valence-electron chi connectivity index (χ3n) is 4.96. The summed E-state index contributed by atoms with van der Waals surface area (Å²) in [5, 5.41) is 13.0. The van der Waals surface area contributed by atoms with Gasteiger partial charge in [0.05, 0.1) is 25.9 Å². The van der Waals surface area contributed by atoms with Crippen LogP contribution in [0.2, 0.25) is 0 Å². The molecule has 0 saturated carbocycles. The fourth-order valence-corrected chi connectivity index (χ4v) is 3.44. The van der Waals surface area contributed by atoms with E-state index in [1.807, 2.05) is 30.3 Å². The summed E-state index contributed by atoms with van der Waals surface area (Å²) in [6, 6.07) is 9.09. The van der Waals surface area contributed by atoms with Crippen LogP contribution in [0.4, 0.5) is 4.79 Å². The topological polar surface area (TPSA) is 103 Å². The highest BCUT2D eigenvalue weighted by Crippen LogP contribution is 2.20. The molecule has 8 nitrogen and oxygen atoms in total. The quantitative estimate of drug-likeness (QED) is 0.308. The molecule has 1 rings (SSSR count). The van der Waals surface area contributed by atoms with Crippen LogP contribution in [0.25, 0.3) is 0 Å². The Labute approximate surface area is 204 Å². The number of rotatable bonds is 14. The summed E-state index contributed by atoms with van der Waals surface area (Å²) in [4.78, 5) is 24.2. The maximum Gasteiger partial charge on any atom is 0.408 e. The van der Waals surface area contributed by atoms with Crippen LogP contribution in [0.3, 0.4) is 0 Å². The lowest BCUT2D eigenvalue weighted by atomic mass is 9.91. The molecule has 1 aromatic rings. The summed E-state index contributed by atoms with van der Waals surface area (Å²) >= 11 is 0. The molecule has 1 amide bonds. The summed E-state index contributed by atoms with van der Waals surface area (Å²) in [5.41, 5.74) is 0.437. The molecule has 0 spiro atoms. The van der Waals surface area contributed by atoms with Crippen molar-refractivity contribution in [2.24, 2.45) is 11.8 Å². The number of ether oxygens (including phenoxy) is 4. The van der Waals surface area contributed by atoms with Gasteiger partial charge in [0.1, 0.15) is 11.6 Å². The van der Waals surface area contributed by atoms with Gasteiger partial charge in [-0.15, -0.1) is 0 Å². The minimum absolute atomic E-state index is 0.100. The monoisotopic (exact) mass is 481 g/mol. The van der Waals surface area contributed by atoms with Crippen molar-refractivity contribution in [1.82, 2.24) is 5.32 Å². The Morgan fingerprint density at radius 2 is 1.71 bits per heavy atom. The molecule has 0 aromatic heterocycles. The van der Waals surface area contributed by atoms with Crippen molar-refractivity contribution in [2.45, 2.75) is 78.2 Å². The Morgan fingerprint density at radius 3 is 2.24 bits per heavy atom. The molecule has 0 saturated heterocycles. The van der Waals surface area contributed by atoms with E-state index in [-0.39, 0.29) is 18.9 Å². The van der Waals surface area contributed by atoms with Crippen LogP contribution >= 0.6 is 0 Å². The number of aliphatic hydroxyl groups excluding tert-OH is 1. The van der Waals surface area contributed by atoms with E-state index in [0.717, 1.165) is 5.56 Å². The van der Waals surface area contributed by atoms with E-state index in [9.17, 15) is 14.7 Å². The van der Waals surface area contributed by atoms with E-state index >= 15 is 0 Å². The Hall–Kier alpha value is -2.16.